The molecule has 0 fully saturated rings. The second kappa shape index (κ2) is 7.49. The summed E-state index contributed by atoms with van der Waals surface area (Å²) in [6, 6.07) is 12.0. The molecule has 0 radical (unpaired) electrons. The Labute approximate surface area is 146 Å². The zero-order chi connectivity index (χ0) is 17.8. The van der Waals surface area contributed by atoms with E-state index < -0.39 is 6.04 Å². The number of halogens is 1. The summed E-state index contributed by atoms with van der Waals surface area (Å²) in [7, 11) is 0. The van der Waals surface area contributed by atoms with Crippen LogP contribution in [0.25, 0.3) is 10.9 Å². The van der Waals surface area contributed by atoms with Crippen LogP contribution in [0.1, 0.15) is 16.7 Å². The molecule has 2 aromatic carbocycles. The molecule has 1 amide bonds. The molecule has 25 heavy (non-hydrogen) atoms. The van der Waals surface area contributed by atoms with Crippen molar-refractivity contribution in [3.05, 3.63) is 71.2 Å². The van der Waals surface area contributed by atoms with E-state index in [0.29, 0.717) is 19.4 Å². The average molecular weight is 339 g/mol. The molecule has 0 bridgehead atoms. The molecule has 0 aliphatic carbocycles. The van der Waals surface area contributed by atoms with Gasteiger partial charge in [-0.15, -0.1) is 0 Å². The van der Waals surface area contributed by atoms with Gasteiger partial charge in [0, 0.05) is 23.6 Å². The highest BCUT2D eigenvalue weighted by Gasteiger charge is 2.15. The van der Waals surface area contributed by atoms with Crippen LogP contribution in [0.2, 0.25) is 0 Å². The Morgan fingerprint density at radius 1 is 1.24 bits per heavy atom. The number of rotatable bonds is 6. The Kier molecular flexibility index (Phi) is 5.14. The van der Waals surface area contributed by atoms with Gasteiger partial charge in [-0.05, 0) is 54.7 Å². The summed E-state index contributed by atoms with van der Waals surface area (Å²) < 4.78 is 13.1. The average Bonchev–Trinajstić information content (AvgIpc) is 3.00. The lowest BCUT2D eigenvalue weighted by Gasteiger charge is -2.12. The summed E-state index contributed by atoms with van der Waals surface area (Å²) in [5.41, 5.74) is 10.0. The first-order chi connectivity index (χ1) is 12.0. The number of amides is 1. The summed E-state index contributed by atoms with van der Waals surface area (Å²) in [6.07, 6.45) is 3.03. The summed E-state index contributed by atoms with van der Waals surface area (Å²) in [4.78, 5) is 15.4. The third kappa shape index (κ3) is 4.06. The van der Waals surface area contributed by atoms with E-state index in [1.54, 1.807) is 6.07 Å². The van der Waals surface area contributed by atoms with Crippen LogP contribution in [0.5, 0.6) is 0 Å². The van der Waals surface area contributed by atoms with Crippen molar-refractivity contribution in [1.82, 2.24) is 10.3 Å². The molecule has 3 aromatic rings. The van der Waals surface area contributed by atoms with Crippen LogP contribution in [0.15, 0.2) is 48.7 Å². The summed E-state index contributed by atoms with van der Waals surface area (Å²) in [6.45, 7) is 2.34. The van der Waals surface area contributed by atoms with Gasteiger partial charge in [-0.1, -0.05) is 24.3 Å². The monoisotopic (exact) mass is 339 g/mol. The molecule has 4 N–H and O–H groups in total. The maximum atomic E-state index is 13.1. The van der Waals surface area contributed by atoms with Crippen LogP contribution in [-0.4, -0.2) is 23.5 Å². The highest BCUT2D eigenvalue weighted by atomic mass is 19.1. The zero-order valence-electron chi connectivity index (χ0n) is 14.2. The Morgan fingerprint density at radius 3 is 2.84 bits per heavy atom. The minimum Gasteiger partial charge on any atom is -0.361 e. The SMILES string of the molecule is Cc1cc(F)ccc1CCNC(=O)[C@@H](N)Cc1c[nH]c2ccccc12. The van der Waals surface area contributed by atoms with E-state index >= 15 is 0 Å². The number of nitrogens with one attached hydrogen (secondary N) is 2. The van der Waals surface area contributed by atoms with Crippen molar-refractivity contribution in [3.63, 3.8) is 0 Å². The fraction of sp³-hybridized carbons (Fsp3) is 0.250. The van der Waals surface area contributed by atoms with Crippen molar-refractivity contribution in [2.45, 2.75) is 25.8 Å². The van der Waals surface area contributed by atoms with Crippen LogP contribution in [0.4, 0.5) is 4.39 Å². The normalized spacial score (nSPS) is 12.3. The smallest absolute Gasteiger partial charge is 0.237 e. The third-order valence-corrected chi connectivity index (χ3v) is 4.45. The predicted octanol–water partition coefficient (Wildman–Crippen LogP) is 2.84. The molecular formula is C20H22FN3O. The quantitative estimate of drug-likeness (QED) is 0.646. The number of fused-ring (bicyclic) bond motifs is 1. The summed E-state index contributed by atoms with van der Waals surface area (Å²) >= 11 is 0. The van der Waals surface area contributed by atoms with E-state index in [1.807, 2.05) is 37.4 Å². The van der Waals surface area contributed by atoms with Gasteiger partial charge in [0.05, 0.1) is 6.04 Å². The minimum atomic E-state index is -0.603. The molecule has 130 valence electrons. The van der Waals surface area contributed by atoms with Crippen molar-refractivity contribution < 1.29 is 9.18 Å². The number of hydrogen-bond acceptors (Lipinski definition) is 2. The van der Waals surface area contributed by atoms with Crippen molar-refractivity contribution in [2.24, 2.45) is 5.73 Å². The molecule has 5 heteroatoms. The Bertz CT molecular complexity index is 888. The van der Waals surface area contributed by atoms with Gasteiger partial charge in [-0.2, -0.15) is 0 Å². The Morgan fingerprint density at radius 2 is 2.04 bits per heavy atom. The van der Waals surface area contributed by atoms with Gasteiger partial charge in [0.25, 0.3) is 0 Å². The number of H-pyrrole nitrogens is 1. The van der Waals surface area contributed by atoms with Gasteiger partial charge >= 0.3 is 0 Å². The summed E-state index contributed by atoms with van der Waals surface area (Å²) in [5, 5.41) is 3.96. The number of aryl methyl sites for hydroxylation is 1. The van der Waals surface area contributed by atoms with Crippen LogP contribution < -0.4 is 11.1 Å². The Balaban J connectivity index is 1.54. The minimum absolute atomic E-state index is 0.176. The molecule has 1 aromatic heterocycles. The maximum absolute atomic E-state index is 13.1. The molecular weight excluding hydrogens is 317 g/mol. The van der Waals surface area contributed by atoms with Crippen LogP contribution in [0, 0.1) is 12.7 Å². The first-order valence-corrected chi connectivity index (χ1v) is 8.38. The number of para-hydroxylation sites is 1. The number of aromatic amines is 1. The lowest BCUT2D eigenvalue weighted by molar-refractivity contribution is -0.122. The maximum Gasteiger partial charge on any atom is 0.237 e. The van der Waals surface area contributed by atoms with Crippen LogP contribution >= 0.6 is 0 Å². The van der Waals surface area contributed by atoms with Gasteiger partial charge < -0.3 is 16.0 Å². The molecule has 1 heterocycles. The molecule has 0 spiro atoms. The summed E-state index contributed by atoms with van der Waals surface area (Å²) in [5.74, 6) is -0.420. The van der Waals surface area contributed by atoms with E-state index in [-0.39, 0.29) is 11.7 Å². The number of benzene rings is 2. The van der Waals surface area contributed by atoms with Gasteiger partial charge in [-0.25, -0.2) is 4.39 Å². The second-order valence-corrected chi connectivity index (χ2v) is 6.28. The first-order valence-electron chi connectivity index (χ1n) is 8.38. The van der Waals surface area contributed by atoms with Gasteiger partial charge in [0.1, 0.15) is 5.82 Å². The van der Waals surface area contributed by atoms with E-state index in [0.717, 1.165) is 27.6 Å². The largest absolute Gasteiger partial charge is 0.361 e. The lowest BCUT2D eigenvalue weighted by Crippen LogP contribution is -2.42. The van der Waals surface area contributed by atoms with Crippen LogP contribution in [-0.2, 0) is 17.6 Å². The fourth-order valence-corrected chi connectivity index (χ4v) is 3.02. The molecule has 4 nitrogen and oxygen atoms in total. The van der Waals surface area contributed by atoms with Gasteiger partial charge in [0.15, 0.2) is 0 Å². The van der Waals surface area contributed by atoms with Crippen molar-refractivity contribution >= 4 is 16.8 Å². The molecule has 0 saturated carbocycles. The number of carbonyl (C=O) groups is 1. The van der Waals surface area contributed by atoms with Gasteiger partial charge in [0.2, 0.25) is 5.91 Å². The first kappa shape index (κ1) is 17.2. The topological polar surface area (TPSA) is 70.9 Å². The van der Waals surface area contributed by atoms with E-state index in [4.69, 9.17) is 5.73 Å². The van der Waals surface area contributed by atoms with E-state index in [1.165, 1.54) is 12.1 Å². The molecule has 0 aliphatic rings. The highest BCUT2D eigenvalue weighted by molar-refractivity contribution is 5.86. The number of aromatic nitrogens is 1. The lowest BCUT2D eigenvalue weighted by atomic mass is 10.0. The van der Waals surface area contributed by atoms with Crippen molar-refractivity contribution in [3.8, 4) is 0 Å². The van der Waals surface area contributed by atoms with Crippen LogP contribution in [0.3, 0.4) is 0 Å². The zero-order valence-corrected chi connectivity index (χ0v) is 14.2. The Hall–Kier alpha value is -2.66. The molecule has 3 rings (SSSR count). The van der Waals surface area contributed by atoms with Gasteiger partial charge in [-0.3, -0.25) is 4.79 Å². The fourth-order valence-electron chi connectivity index (χ4n) is 3.02. The van der Waals surface area contributed by atoms with E-state index in [9.17, 15) is 9.18 Å². The molecule has 1 atom stereocenters. The standard InChI is InChI=1S/C20H22FN3O/c1-13-10-16(21)7-6-14(13)8-9-23-20(25)18(22)11-15-12-24-19-5-3-2-4-17(15)19/h2-7,10,12,18,24H,8-9,11,22H2,1H3,(H,23,25)/t18-/m0/s1. The van der Waals surface area contributed by atoms with E-state index in [2.05, 4.69) is 10.3 Å². The highest BCUT2D eigenvalue weighted by Crippen LogP contribution is 2.18. The van der Waals surface area contributed by atoms with Crippen molar-refractivity contribution in [1.29, 1.82) is 0 Å². The predicted molar refractivity (Wildman–Crippen MR) is 97.8 cm³/mol. The second-order valence-electron chi connectivity index (χ2n) is 6.28. The van der Waals surface area contributed by atoms with Crippen molar-refractivity contribution in [2.75, 3.05) is 6.54 Å². The molecule has 0 unspecified atom stereocenters. The molecule has 0 aliphatic heterocycles. The number of hydrogen-bond donors (Lipinski definition) is 3. The number of carbonyl (C=O) groups excluding carboxylic acids is 1. The molecule has 0 saturated heterocycles. The third-order valence-electron chi connectivity index (χ3n) is 4.45. The number of nitrogens with two attached hydrogens (primary N) is 1.